The second-order valence-electron chi connectivity index (χ2n) is 9.14. The normalized spacial score (nSPS) is 34.6. The molecule has 10 heteroatoms. The number of hydrogen-bond acceptors (Lipinski definition) is 4. The van der Waals surface area contributed by atoms with E-state index in [4.69, 9.17) is 19.7 Å². The van der Waals surface area contributed by atoms with Crippen molar-refractivity contribution in [3.8, 4) is 0 Å². The summed E-state index contributed by atoms with van der Waals surface area (Å²) in [6, 6.07) is 0. The zero-order valence-electron chi connectivity index (χ0n) is 17.3. The molecule has 0 aromatic heterocycles. The van der Waals surface area contributed by atoms with Crippen LogP contribution in [0.2, 0.25) is 0 Å². The Morgan fingerprint density at radius 1 is 0.581 bits per heavy atom. The van der Waals surface area contributed by atoms with Gasteiger partial charge in [0.25, 0.3) is 0 Å². The van der Waals surface area contributed by atoms with Gasteiger partial charge in [0.05, 0.1) is 13.2 Å². The Bertz CT molecular complexity index is 586. The third-order valence-corrected chi connectivity index (χ3v) is 6.94. The van der Waals surface area contributed by atoms with Gasteiger partial charge in [-0.05, 0) is 75.0 Å². The lowest BCUT2D eigenvalue weighted by Gasteiger charge is -2.28. The van der Waals surface area contributed by atoms with Gasteiger partial charge in [-0.1, -0.05) is 0 Å². The molecule has 0 amide bonds. The van der Waals surface area contributed by atoms with Gasteiger partial charge >= 0.3 is 17.8 Å². The van der Waals surface area contributed by atoms with E-state index in [1.807, 2.05) is 0 Å². The minimum Gasteiger partial charge on any atom is -0.488 e. The first kappa shape index (κ1) is 24.5. The average molecular weight is 460 g/mol. The molecule has 0 unspecified atom stereocenters. The molecule has 0 aliphatic heterocycles. The molecule has 0 spiro atoms. The Hall–Kier alpha value is -1.16. The fraction of sp³-hybridized carbons (Fsp3) is 0.905. The van der Waals surface area contributed by atoms with E-state index < -0.39 is 29.3 Å². The summed E-state index contributed by atoms with van der Waals surface area (Å²) in [4.78, 5) is 0. The van der Waals surface area contributed by atoms with E-state index in [2.05, 4.69) is 0 Å². The fourth-order valence-corrected chi connectivity index (χ4v) is 4.64. The van der Waals surface area contributed by atoms with E-state index in [0.29, 0.717) is 51.4 Å². The van der Waals surface area contributed by atoms with Gasteiger partial charge < -0.3 is 19.7 Å². The average Bonchev–Trinajstić information content (AvgIpc) is 2.85. The third kappa shape index (κ3) is 4.65. The lowest BCUT2D eigenvalue weighted by atomic mass is 9.83. The zero-order valence-corrected chi connectivity index (χ0v) is 17.3. The number of aliphatic hydroxyl groups is 2. The molecule has 4 nitrogen and oxygen atoms in total. The molecule has 3 aliphatic rings. The summed E-state index contributed by atoms with van der Waals surface area (Å²) in [6.45, 7) is -0.756. The SMILES string of the molecule is OCC1CCC(COC2=C(OCC3CCC(CO)CC3)C(F)(F)C(F)(F)C2(F)F)CC1. The van der Waals surface area contributed by atoms with Crippen molar-refractivity contribution in [1.82, 2.24) is 0 Å². The molecule has 0 saturated heterocycles. The van der Waals surface area contributed by atoms with Crippen LogP contribution < -0.4 is 0 Å². The molecule has 0 bridgehead atoms. The highest BCUT2D eigenvalue weighted by molar-refractivity contribution is 5.34. The van der Waals surface area contributed by atoms with E-state index in [1.165, 1.54) is 0 Å². The van der Waals surface area contributed by atoms with Gasteiger partial charge in [-0.2, -0.15) is 26.3 Å². The van der Waals surface area contributed by atoms with Gasteiger partial charge in [0, 0.05) is 13.2 Å². The molecular weight excluding hydrogens is 430 g/mol. The Kier molecular flexibility index (Phi) is 7.40. The van der Waals surface area contributed by atoms with Gasteiger partial charge in [0.15, 0.2) is 0 Å². The van der Waals surface area contributed by atoms with Crippen LogP contribution in [0.15, 0.2) is 11.5 Å². The summed E-state index contributed by atoms with van der Waals surface area (Å²) in [5, 5.41) is 18.3. The first-order chi connectivity index (χ1) is 14.5. The smallest absolute Gasteiger partial charge is 0.387 e. The molecule has 2 fully saturated rings. The van der Waals surface area contributed by atoms with Crippen LogP contribution in [-0.2, 0) is 9.47 Å². The molecule has 0 aromatic rings. The summed E-state index contributed by atoms with van der Waals surface area (Å²) in [5.41, 5.74) is 0. The lowest BCUT2D eigenvalue weighted by molar-refractivity contribution is -0.277. The van der Waals surface area contributed by atoms with Crippen molar-refractivity contribution in [3.63, 3.8) is 0 Å². The highest BCUT2D eigenvalue weighted by Crippen LogP contribution is 2.60. The van der Waals surface area contributed by atoms with E-state index in [1.54, 1.807) is 0 Å². The number of allylic oxidation sites excluding steroid dienone is 2. The Morgan fingerprint density at radius 3 is 1.16 bits per heavy atom. The quantitative estimate of drug-likeness (QED) is 0.514. The minimum absolute atomic E-state index is 0.00739. The topological polar surface area (TPSA) is 58.9 Å². The van der Waals surface area contributed by atoms with Gasteiger partial charge in [0.1, 0.15) is 0 Å². The number of hydrogen-bond donors (Lipinski definition) is 2. The largest absolute Gasteiger partial charge is 0.488 e. The Morgan fingerprint density at radius 2 is 0.871 bits per heavy atom. The molecule has 0 heterocycles. The van der Waals surface area contributed by atoms with Gasteiger partial charge in [0.2, 0.25) is 11.5 Å². The molecular formula is C21H30F6O4. The molecule has 0 radical (unpaired) electrons. The van der Waals surface area contributed by atoms with E-state index in [9.17, 15) is 26.3 Å². The van der Waals surface area contributed by atoms with Crippen molar-refractivity contribution in [3.05, 3.63) is 11.5 Å². The Balaban J connectivity index is 1.70. The van der Waals surface area contributed by atoms with E-state index >= 15 is 0 Å². The highest BCUT2D eigenvalue weighted by atomic mass is 19.3. The predicted molar refractivity (Wildman–Crippen MR) is 98.8 cm³/mol. The number of aliphatic hydroxyl groups excluding tert-OH is 2. The van der Waals surface area contributed by atoms with Crippen LogP contribution in [0.4, 0.5) is 26.3 Å². The van der Waals surface area contributed by atoms with Crippen LogP contribution in [-0.4, -0.2) is 54.4 Å². The molecule has 0 atom stereocenters. The molecule has 3 rings (SSSR count). The second kappa shape index (κ2) is 9.37. The van der Waals surface area contributed by atoms with E-state index in [0.717, 1.165) is 0 Å². The monoisotopic (exact) mass is 460 g/mol. The first-order valence-electron chi connectivity index (χ1n) is 10.9. The lowest BCUT2D eigenvalue weighted by Crippen LogP contribution is -2.49. The van der Waals surface area contributed by atoms with Crippen molar-refractivity contribution in [2.24, 2.45) is 23.7 Å². The minimum atomic E-state index is -5.65. The summed E-state index contributed by atoms with van der Waals surface area (Å²) in [5.74, 6) is -19.8. The van der Waals surface area contributed by atoms with Crippen molar-refractivity contribution in [2.45, 2.75) is 69.1 Å². The van der Waals surface area contributed by atoms with Crippen LogP contribution in [0.3, 0.4) is 0 Å². The summed E-state index contributed by atoms with van der Waals surface area (Å²) in [7, 11) is 0. The standard InChI is InChI=1S/C21H30F6O4/c22-19(23)17(30-11-15-5-1-13(9-28)2-6-15)18(20(24,25)21(19,26)27)31-12-16-7-3-14(10-29)4-8-16/h13-16,28-29H,1-12H2. The molecule has 31 heavy (non-hydrogen) atoms. The van der Waals surface area contributed by atoms with Crippen LogP contribution in [0.1, 0.15) is 51.4 Å². The molecule has 2 N–H and O–H groups in total. The van der Waals surface area contributed by atoms with Crippen LogP contribution in [0, 0.1) is 23.7 Å². The first-order valence-corrected chi connectivity index (χ1v) is 10.9. The number of halogens is 6. The van der Waals surface area contributed by atoms with Gasteiger partial charge in [-0.3, -0.25) is 0 Å². The second-order valence-corrected chi connectivity index (χ2v) is 9.14. The number of ether oxygens (including phenoxy) is 2. The third-order valence-electron chi connectivity index (χ3n) is 6.94. The van der Waals surface area contributed by atoms with Crippen molar-refractivity contribution in [2.75, 3.05) is 26.4 Å². The molecule has 2 saturated carbocycles. The maximum absolute atomic E-state index is 14.3. The van der Waals surface area contributed by atoms with E-state index in [-0.39, 0.29) is 50.1 Å². The van der Waals surface area contributed by atoms with Crippen molar-refractivity contribution < 1.29 is 46.0 Å². The van der Waals surface area contributed by atoms with Crippen LogP contribution in [0.25, 0.3) is 0 Å². The molecule has 0 aromatic carbocycles. The Labute approximate surface area is 177 Å². The van der Waals surface area contributed by atoms with Crippen molar-refractivity contribution in [1.29, 1.82) is 0 Å². The van der Waals surface area contributed by atoms with Crippen molar-refractivity contribution >= 4 is 0 Å². The van der Waals surface area contributed by atoms with Crippen LogP contribution in [0.5, 0.6) is 0 Å². The maximum Gasteiger partial charge on any atom is 0.387 e. The summed E-state index contributed by atoms with van der Waals surface area (Å²) >= 11 is 0. The number of rotatable bonds is 8. The van der Waals surface area contributed by atoms with Gasteiger partial charge in [-0.15, -0.1) is 0 Å². The predicted octanol–water partition coefficient (Wildman–Crippen LogP) is 4.75. The summed E-state index contributed by atoms with van der Waals surface area (Å²) < 4.78 is 95.1. The number of alkyl halides is 6. The fourth-order valence-electron chi connectivity index (χ4n) is 4.64. The zero-order chi connectivity index (χ0) is 22.9. The van der Waals surface area contributed by atoms with Crippen LogP contribution >= 0.6 is 0 Å². The highest BCUT2D eigenvalue weighted by Gasteiger charge is 2.83. The summed E-state index contributed by atoms with van der Waals surface area (Å²) in [6.07, 6.45) is 4.64. The van der Waals surface area contributed by atoms with Gasteiger partial charge in [-0.25, -0.2) is 0 Å². The molecule has 3 aliphatic carbocycles. The maximum atomic E-state index is 14.3. The molecule has 180 valence electrons.